The van der Waals surface area contributed by atoms with Crippen LogP contribution in [-0.2, 0) is 0 Å². The first kappa shape index (κ1) is 29.5. The minimum atomic E-state index is 0.875. The Hall–Kier alpha value is -6.64. The number of para-hydroxylation sites is 2. The van der Waals surface area contributed by atoms with Gasteiger partial charge in [0.05, 0.1) is 11.4 Å². The van der Waals surface area contributed by atoms with E-state index < -0.39 is 0 Å². The van der Waals surface area contributed by atoms with Gasteiger partial charge in [0.25, 0.3) is 0 Å². The van der Waals surface area contributed by atoms with E-state index in [0.29, 0.717) is 0 Å². The number of benzene rings is 8. The van der Waals surface area contributed by atoms with Crippen LogP contribution in [0.3, 0.4) is 0 Å². The van der Waals surface area contributed by atoms with Crippen LogP contribution < -0.4 is 4.90 Å². The molecule has 0 aliphatic carbocycles. The lowest BCUT2D eigenvalue weighted by Crippen LogP contribution is -2.11. The number of anilines is 3. The Kier molecular flexibility index (Phi) is 7.53. The van der Waals surface area contributed by atoms with E-state index in [-0.39, 0.29) is 0 Å². The molecule has 0 atom stereocenters. The molecule has 0 saturated carbocycles. The Labute approximate surface area is 292 Å². The van der Waals surface area contributed by atoms with Crippen LogP contribution in [0.15, 0.2) is 205 Å². The molecule has 50 heavy (non-hydrogen) atoms. The van der Waals surface area contributed by atoms with Crippen LogP contribution in [0.25, 0.3) is 66.4 Å². The summed E-state index contributed by atoms with van der Waals surface area (Å²) >= 11 is 0. The van der Waals surface area contributed by atoms with Gasteiger partial charge < -0.3 is 9.32 Å². The third-order valence-electron chi connectivity index (χ3n) is 9.49. The van der Waals surface area contributed by atoms with Gasteiger partial charge >= 0.3 is 0 Å². The summed E-state index contributed by atoms with van der Waals surface area (Å²) in [5.41, 5.74) is 12.4. The zero-order chi connectivity index (χ0) is 33.3. The maximum absolute atomic E-state index is 6.20. The Bertz CT molecular complexity index is 2540. The molecular weight excluding hydrogens is 607 g/mol. The quantitative estimate of drug-likeness (QED) is 0.173. The van der Waals surface area contributed by atoms with E-state index in [1.54, 1.807) is 0 Å². The number of rotatable bonds is 7. The minimum absolute atomic E-state index is 0.875. The summed E-state index contributed by atoms with van der Waals surface area (Å²) in [5.74, 6) is 0.875. The van der Waals surface area contributed by atoms with Crippen LogP contribution >= 0.6 is 0 Å². The van der Waals surface area contributed by atoms with Crippen LogP contribution in [0.4, 0.5) is 17.1 Å². The van der Waals surface area contributed by atoms with Crippen molar-refractivity contribution in [2.24, 2.45) is 0 Å². The van der Waals surface area contributed by atoms with Crippen molar-refractivity contribution in [1.29, 1.82) is 0 Å². The third-order valence-corrected chi connectivity index (χ3v) is 9.49. The number of furan rings is 1. The molecule has 8 aromatic carbocycles. The molecule has 0 radical (unpaired) electrons. The molecule has 9 rings (SSSR count). The van der Waals surface area contributed by atoms with Crippen molar-refractivity contribution in [3.63, 3.8) is 0 Å². The van der Waals surface area contributed by atoms with Crippen molar-refractivity contribution in [3.8, 4) is 44.7 Å². The Morgan fingerprint density at radius 3 is 1.74 bits per heavy atom. The number of hydrogen-bond donors (Lipinski definition) is 0. The fourth-order valence-corrected chi connectivity index (χ4v) is 6.98. The van der Waals surface area contributed by atoms with Gasteiger partial charge in [0.2, 0.25) is 0 Å². The molecule has 0 N–H and O–H groups in total. The van der Waals surface area contributed by atoms with Gasteiger partial charge in [-0.2, -0.15) is 0 Å². The average molecular weight is 640 g/mol. The Balaban J connectivity index is 1.13. The molecular formula is C48H33NO. The van der Waals surface area contributed by atoms with Gasteiger partial charge in [0.1, 0.15) is 11.3 Å². The van der Waals surface area contributed by atoms with Crippen molar-refractivity contribution in [1.82, 2.24) is 0 Å². The van der Waals surface area contributed by atoms with Gasteiger partial charge in [-0.15, -0.1) is 0 Å². The first-order chi connectivity index (χ1) is 24.8. The predicted molar refractivity (Wildman–Crippen MR) is 210 cm³/mol. The second kappa shape index (κ2) is 12.8. The second-order valence-corrected chi connectivity index (χ2v) is 12.6. The SMILES string of the molecule is c1ccc(-c2ccc(-c3ccccc3N(c3ccc(-c4cccc(-c5cc6ccccc6o5)c4)cc3)c3cccc4ccccc34)cc2)cc1. The monoisotopic (exact) mass is 639 g/mol. The van der Waals surface area contributed by atoms with E-state index in [2.05, 4.69) is 187 Å². The molecule has 2 nitrogen and oxygen atoms in total. The summed E-state index contributed by atoms with van der Waals surface area (Å²) in [4.78, 5) is 2.40. The highest BCUT2D eigenvalue weighted by molar-refractivity contribution is 6.01. The lowest BCUT2D eigenvalue weighted by atomic mass is 9.97. The maximum Gasteiger partial charge on any atom is 0.135 e. The van der Waals surface area contributed by atoms with Gasteiger partial charge in [0, 0.05) is 27.6 Å². The van der Waals surface area contributed by atoms with Gasteiger partial charge in [-0.05, 0) is 75.7 Å². The van der Waals surface area contributed by atoms with Crippen LogP contribution in [0.2, 0.25) is 0 Å². The normalized spacial score (nSPS) is 11.2. The van der Waals surface area contributed by atoms with Crippen LogP contribution in [-0.4, -0.2) is 0 Å². The van der Waals surface area contributed by atoms with E-state index in [1.165, 1.54) is 33.0 Å². The smallest absolute Gasteiger partial charge is 0.135 e. The Morgan fingerprint density at radius 2 is 0.900 bits per heavy atom. The molecule has 9 aromatic rings. The van der Waals surface area contributed by atoms with E-state index >= 15 is 0 Å². The zero-order valence-electron chi connectivity index (χ0n) is 27.4. The molecule has 0 amide bonds. The maximum atomic E-state index is 6.20. The van der Waals surface area contributed by atoms with Crippen molar-refractivity contribution in [3.05, 3.63) is 200 Å². The van der Waals surface area contributed by atoms with Gasteiger partial charge in [0.15, 0.2) is 0 Å². The molecule has 0 fully saturated rings. The second-order valence-electron chi connectivity index (χ2n) is 12.6. The number of fused-ring (bicyclic) bond motifs is 2. The van der Waals surface area contributed by atoms with Gasteiger partial charge in [-0.1, -0.05) is 158 Å². The predicted octanol–water partition coefficient (Wildman–Crippen LogP) is 13.7. The summed E-state index contributed by atoms with van der Waals surface area (Å²) in [5, 5.41) is 3.52. The van der Waals surface area contributed by atoms with E-state index in [0.717, 1.165) is 50.5 Å². The molecule has 0 aliphatic heterocycles. The lowest BCUT2D eigenvalue weighted by molar-refractivity contribution is 0.631. The Morgan fingerprint density at radius 1 is 0.340 bits per heavy atom. The van der Waals surface area contributed by atoms with Gasteiger partial charge in [-0.3, -0.25) is 0 Å². The summed E-state index contributed by atoms with van der Waals surface area (Å²) in [6.45, 7) is 0. The highest BCUT2D eigenvalue weighted by atomic mass is 16.3. The highest BCUT2D eigenvalue weighted by Crippen LogP contribution is 2.44. The van der Waals surface area contributed by atoms with E-state index in [1.807, 2.05) is 18.2 Å². The van der Waals surface area contributed by atoms with Crippen LogP contribution in [0.5, 0.6) is 0 Å². The molecule has 0 unspecified atom stereocenters. The summed E-state index contributed by atoms with van der Waals surface area (Å²) in [7, 11) is 0. The van der Waals surface area contributed by atoms with Gasteiger partial charge in [-0.25, -0.2) is 0 Å². The molecule has 2 heteroatoms. The molecule has 1 heterocycles. The topological polar surface area (TPSA) is 16.4 Å². The standard InChI is InChI=1S/C48H33NO/c1-2-12-34(13-3-1)35-24-26-38(27-25-35)44-20-7-8-21-45(44)49(46-22-11-16-37-14-4-6-19-43(37)46)42-30-28-36(29-31-42)39-17-10-18-40(32-39)48-33-41-15-5-9-23-47(41)50-48/h1-33H. The first-order valence-electron chi connectivity index (χ1n) is 17.0. The van der Waals surface area contributed by atoms with E-state index in [4.69, 9.17) is 4.42 Å². The summed E-state index contributed by atoms with van der Waals surface area (Å²) in [6, 6.07) is 71.1. The van der Waals surface area contributed by atoms with Crippen molar-refractivity contribution >= 4 is 38.8 Å². The van der Waals surface area contributed by atoms with Crippen LogP contribution in [0, 0.1) is 0 Å². The summed E-state index contributed by atoms with van der Waals surface area (Å²) < 4.78 is 6.20. The third kappa shape index (κ3) is 5.53. The number of hydrogen-bond acceptors (Lipinski definition) is 2. The fourth-order valence-electron chi connectivity index (χ4n) is 6.98. The molecule has 1 aromatic heterocycles. The van der Waals surface area contributed by atoms with Crippen molar-refractivity contribution in [2.75, 3.05) is 4.90 Å². The highest BCUT2D eigenvalue weighted by Gasteiger charge is 2.19. The molecule has 236 valence electrons. The number of nitrogens with zero attached hydrogens (tertiary/aromatic N) is 1. The van der Waals surface area contributed by atoms with Crippen LogP contribution in [0.1, 0.15) is 0 Å². The first-order valence-corrected chi connectivity index (χ1v) is 17.0. The fraction of sp³-hybridized carbons (Fsp3) is 0. The molecule has 0 aliphatic rings. The largest absolute Gasteiger partial charge is 0.456 e. The lowest BCUT2D eigenvalue weighted by Gasteiger charge is -2.29. The zero-order valence-corrected chi connectivity index (χ0v) is 27.4. The van der Waals surface area contributed by atoms with Crippen molar-refractivity contribution < 1.29 is 4.42 Å². The molecule has 0 bridgehead atoms. The average Bonchev–Trinajstić information content (AvgIpc) is 3.64. The molecule has 0 spiro atoms. The minimum Gasteiger partial charge on any atom is -0.456 e. The van der Waals surface area contributed by atoms with Crippen molar-refractivity contribution in [2.45, 2.75) is 0 Å². The summed E-state index contributed by atoms with van der Waals surface area (Å²) in [6.07, 6.45) is 0. The molecule has 0 saturated heterocycles. The van der Waals surface area contributed by atoms with E-state index in [9.17, 15) is 0 Å².